The zero-order valence-electron chi connectivity index (χ0n) is 17.2. The van der Waals surface area contributed by atoms with Crippen molar-refractivity contribution in [2.75, 3.05) is 5.32 Å². The Morgan fingerprint density at radius 2 is 1.40 bits per heavy atom. The Kier molecular flexibility index (Phi) is 6.05. The summed E-state index contributed by atoms with van der Waals surface area (Å²) in [5, 5.41) is 3.02. The van der Waals surface area contributed by atoms with Gasteiger partial charge in [0.1, 0.15) is 10.7 Å². The van der Waals surface area contributed by atoms with E-state index in [4.69, 9.17) is 0 Å². The van der Waals surface area contributed by atoms with E-state index in [0.29, 0.717) is 16.4 Å². The van der Waals surface area contributed by atoms with Crippen LogP contribution in [0.4, 0.5) is 5.69 Å². The van der Waals surface area contributed by atoms with E-state index >= 15 is 0 Å². The first kappa shape index (κ1) is 22.0. The van der Waals surface area contributed by atoms with E-state index in [2.05, 4.69) is 14.4 Å². The van der Waals surface area contributed by atoms with Gasteiger partial charge in [-0.2, -0.15) is 8.42 Å². The molecular formula is C21H25N3O4S2. The molecule has 2 N–H and O–H groups in total. The monoisotopic (exact) mass is 447 g/mol. The van der Waals surface area contributed by atoms with Crippen molar-refractivity contribution in [1.82, 2.24) is 4.72 Å². The lowest BCUT2D eigenvalue weighted by Crippen LogP contribution is -2.29. The third-order valence-electron chi connectivity index (χ3n) is 4.59. The molecule has 0 spiro atoms. The van der Waals surface area contributed by atoms with E-state index < -0.39 is 20.0 Å². The maximum atomic E-state index is 11.8. The van der Waals surface area contributed by atoms with Crippen LogP contribution < -0.4 is 10.0 Å². The van der Waals surface area contributed by atoms with Crippen LogP contribution in [-0.4, -0.2) is 22.7 Å². The molecule has 0 saturated carbocycles. The molecule has 2 aliphatic rings. The first-order valence-electron chi connectivity index (χ1n) is 9.55. The summed E-state index contributed by atoms with van der Waals surface area (Å²) < 4.78 is 53.5. The molecule has 2 aromatic carbocycles. The number of benzene rings is 2. The molecule has 2 heterocycles. The summed E-state index contributed by atoms with van der Waals surface area (Å²) in [5.41, 5.74) is 2.12. The van der Waals surface area contributed by atoms with Gasteiger partial charge in [0.25, 0.3) is 20.0 Å². The highest BCUT2D eigenvalue weighted by Crippen LogP contribution is 2.28. The van der Waals surface area contributed by atoms with Crippen molar-refractivity contribution in [2.45, 2.75) is 37.5 Å². The number of para-hydroxylation sites is 1. The molecule has 4 rings (SSSR count). The first-order chi connectivity index (χ1) is 14.0. The molecule has 0 atom stereocenters. The van der Waals surface area contributed by atoms with Crippen molar-refractivity contribution in [2.24, 2.45) is 16.2 Å². The molecule has 2 aromatic rings. The number of rotatable bonds is 2. The van der Waals surface area contributed by atoms with E-state index in [0.717, 1.165) is 11.3 Å². The van der Waals surface area contributed by atoms with Crippen LogP contribution in [0.15, 0.2) is 68.4 Å². The average Bonchev–Trinajstić information content (AvgIpc) is 2.67. The first-order valence-corrected chi connectivity index (χ1v) is 12.5. The standard InChI is InChI=1S/C11H13NO2S.C10H12N2O2S/c1-8(2)10-7-9-5-3-4-6-11(9)15(13,14)12-10;1-7(2)10-11-8-5-3-4-6-9(8)15(13,14)12-10/h3-8,12H,1-2H3;3-7H,1-2H3,(H,11,12). The number of amidine groups is 1. The minimum atomic E-state index is -3.51. The Bertz CT molecular complexity index is 1230. The minimum Gasteiger partial charge on any atom is -0.342 e. The van der Waals surface area contributed by atoms with Crippen LogP contribution in [0.3, 0.4) is 0 Å². The zero-order chi connectivity index (χ0) is 22.1. The van der Waals surface area contributed by atoms with E-state index in [1.54, 1.807) is 36.4 Å². The fourth-order valence-corrected chi connectivity index (χ4v) is 5.59. The highest BCUT2D eigenvalue weighted by Gasteiger charge is 2.25. The number of hydrogen-bond acceptors (Lipinski definition) is 5. The number of nitrogens with one attached hydrogen (secondary N) is 2. The summed E-state index contributed by atoms with van der Waals surface area (Å²) in [7, 11) is -6.87. The highest BCUT2D eigenvalue weighted by molar-refractivity contribution is 7.90. The third kappa shape index (κ3) is 4.57. The molecule has 9 heteroatoms. The molecule has 2 aliphatic heterocycles. The Hall–Kier alpha value is -2.65. The Balaban J connectivity index is 0.000000171. The Labute approximate surface area is 178 Å². The molecular weight excluding hydrogens is 422 g/mol. The molecule has 0 bridgehead atoms. The van der Waals surface area contributed by atoms with Crippen molar-refractivity contribution in [3.05, 3.63) is 59.8 Å². The van der Waals surface area contributed by atoms with Crippen LogP contribution in [0.5, 0.6) is 0 Å². The summed E-state index contributed by atoms with van der Waals surface area (Å²) in [6, 6.07) is 13.8. The lowest BCUT2D eigenvalue weighted by atomic mass is 10.1. The maximum Gasteiger partial charge on any atom is 0.286 e. The average molecular weight is 448 g/mol. The number of allylic oxidation sites excluding steroid dienone is 1. The van der Waals surface area contributed by atoms with Crippen molar-refractivity contribution < 1.29 is 16.8 Å². The largest absolute Gasteiger partial charge is 0.342 e. The number of fused-ring (bicyclic) bond motifs is 2. The molecule has 0 fully saturated rings. The van der Waals surface area contributed by atoms with E-state index in [1.807, 2.05) is 45.9 Å². The second-order valence-corrected chi connectivity index (χ2v) is 10.8. The van der Waals surface area contributed by atoms with Crippen molar-refractivity contribution in [3.63, 3.8) is 0 Å². The predicted molar refractivity (Wildman–Crippen MR) is 119 cm³/mol. The quantitative estimate of drug-likeness (QED) is 0.728. The van der Waals surface area contributed by atoms with Crippen LogP contribution in [0.2, 0.25) is 0 Å². The van der Waals surface area contributed by atoms with Crippen LogP contribution >= 0.6 is 0 Å². The molecule has 0 amide bonds. The Morgan fingerprint density at radius 3 is 2.03 bits per heavy atom. The summed E-state index contributed by atoms with van der Waals surface area (Å²) in [6.45, 7) is 7.72. The lowest BCUT2D eigenvalue weighted by Gasteiger charge is -2.21. The van der Waals surface area contributed by atoms with Gasteiger partial charge in [-0.15, -0.1) is 4.40 Å². The third-order valence-corrected chi connectivity index (χ3v) is 7.39. The summed E-state index contributed by atoms with van der Waals surface area (Å²) in [5.74, 6) is 0.731. The number of hydrogen-bond donors (Lipinski definition) is 2. The second kappa shape index (κ2) is 8.23. The number of sulfonamides is 2. The molecule has 7 nitrogen and oxygen atoms in total. The summed E-state index contributed by atoms with van der Waals surface area (Å²) in [4.78, 5) is 0.601. The smallest absolute Gasteiger partial charge is 0.286 e. The van der Waals surface area contributed by atoms with Crippen LogP contribution in [0.1, 0.15) is 33.3 Å². The number of anilines is 1. The van der Waals surface area contributed by atoms with Crippen LogP contribution in [-0.2, 0) is 20.0 Å². The van der Waals surface area contributed by atoms with Crippen LogP contribution in [0, 0.1) is 11.8 Å². The van der Waals surface area contributed by atoms with Crippen molar-refractivity contribution >= 4 is 37.6 Å². The van der Waals surface area contributed by atoms with Gasteiger partial charge in [-0.05, 0) is 35.8 Å². The SMILES string of the molecule is CC(C)C1=Cc2ccccc2S(=O)(=O)N1.CC(C)C1=NS(=O)(=O)c2ccccc2N1. The van der Waals surface area contributed by atoms with Gasteiger partial charge in [-0.25, -0.2) is 8.42 Å². The molecule has 0 radical (unpaired) electrons. The van der Waals surface area contributed by atoms with E-state index in [1.165, 1.54) is 0 Å². The maximum absolute atomic E-state index is 11.8. The lowest BCUT2D eigenvalue weighted by molar-refractivity contribution is 0.580. The topological polar surface area (TPSA) is 105 Å². The number of nitrogens with zero attached hydrogens (tertiary/aromatic N) is 1. The normalized spacial score (nSPS) is 17.9. The van der Waals surface area contributed by atoms with Gasteiger partial charge in [-0.3, -0.25) is 4.72 Å². The van der Waals surface area contributed by atoms with Gasteiger partial charge in [-0.1, -0.05) is 58.0 Å². The predicted octanol–water partition coefficient (Wildman–Crippen LogP) is 3.83. The zero-order valence-corrected chi connectivity index (χ0v) is 18.9. The summed E-state index contributed by atoms with van der Waals surface area (Å²) >= 11 is 0. The Morgan fingerprint density at radius 1 is 0.800 bits per heavy atom. The molecule has 30 heavy (non-hydrogen) atoms. The minimum absolute atomic E-state index is 0.0631. The summed E-state index contributed by atoms with van der Waals surface area (Å²) in [6.07, 6.45) is 1.89. The van der Waals surface area contributed by atoms with E-state index in [9.17, 15) is 16.8 Å². The van der Waals surface area contributed by atoms with Crippen molar-refractivity contribution in [1.29, 1.82) is 0 Å². The highest BCUT2D eigenvalue weighted by atomic mass is 32.2. The molecule has 0 aromatic heterocycles. The van der Waals surface area contributed by atoms with Gasteiger partial charge in [0, 0.05) is 11.6 Å². The van der Waals surface area contributed by atoms with Crippen LogP contribution in [0.25, 0.3) is 6.08 Å². The van der Waals surface area contributed by atoms with Gasteiger partial charge in [0.15, 0.2) is 0 Å². The molecule has 0 unspecified atom stereocenters. The molecule has 0 aliphatic carbocycles. The molecule has 0 saturated heterocycles. The fourth-order valence-electron chi connectivity index (χ4n) is 2.92. The van der Waals surface area contributed by atoms with Gasteiger partial charge in [0.05, 0.1) is 10.6 Å². The second-order valence-electron chi connectivity index (χ2n) is 7.63. The van der Waals surface area contributed by atoms with Gasteiger partial charge < -0.3 is 5.32 Å². The molecule has 160 valence electrons. The van der Waals surface area contributed by atoms with Crippen molar-refractivity contribution in [3.8, 4) is 0 Å². The van der Waals surface area contributed by atoms with E-state index in [-0.39, 0.29) is 16.7 Å². The van der Waals surface area contributed by atoms with Gasteiger partial charge in [0.2, 0.25) is 0 Å². The fraction of sp³-hybridized carbons (Fsp3) is 0.286. The van der Waals surface area contributed by atoms with Gasteiger partial charge >= 0.3 is 0 Å².